The first kappa shape index (κ1) is 12.3. The number of nitrogens with one attached hydrogen (secondary N) is 1. The molecule has 0 aliphatic heterocycles. The molecule has 2 aromatic rings. The van der Waals surface area contributed by atoms with E-state index in [4.69, 9.17) is 17.3 Å². The minimum absolute atomic E-state index is 0.273. The lowest BCUT2D eigenvalue weighted by atomic mass is 10.1. The number of anilines is 2. The van der Waals surface area contributed by atoms with Crippen LogP contribution in [0.15, 0.2) is 36.5 Å². The summed E-state index contributed by atoms with van der Waals surface area (Å²) in [7, 11) is 0. The van der Waals surface area contributed by atoms with Crippen LogP contribution in [0.25, 0.3) is 0 Å². The molecule has 0 radical (unpaired) electrons. The average molecular weight is 266 g/mol. The molecule has 0 saturated heterocycles. The largest absolute Gasteiger partial charge is 0.398 e. The lowest BCUT2D eigenvalue weighted by Gasteiger charge is -2.07. The van der Waals surface area contributed by atoms with Gasteiger partial charge in [0.15, 0.2) is 0 Å². The fraction of sp³-hybridized carbons (Fsp3) is 0. The van der Waals surface area contributed by atoms with Crippen LogP contribution in [-0.2, 0) is 0 Å². The number of hydrogen-bond acceptors (Lipinski definition) is 3. The number of benzene rings is 1. The van der Waals surface area contributed by atoms with Gasteiger partial charge >= 0.3 is 0 Å². The van der Waals surface area contributed by atoms with Gasteiger partial charge in [-0.05, 0) is 30.3 Å². The highest BCUT2D eigenvalue weighted by Gasteiger charge is 2.10. The molecule has 0 fully saturated rings. The number of carbonyl (C=O) groups is 1. The van der Waals surface area contributed by atoms with Gasteiger partial charge in [0.2, 0.25) is 5.95 Å². The second-order valence-corrected chi connectivity index (χ2v) is 3.99. The fourth-order valence-electron chi connectivity index (χ4n) is 1.39. The van der Waals surface area contributed by atoms with Gasteiger partial charge < -0.3 is 11.1 Å². The molecule has 1 heterocycles. The van der Waals surface area contributed by atoms with Crippen molar-refractivity contribution in [3.63, 3.8) is 0 Å². The van der Waals surface area contributed by atoms with Crippen LogP contribution in [0.3, 0.4) is 0 Å². The molecule has 3 N–H and O–H groups in total. The molecule has 4 nitrogen and oxygen atoms in total. The number of halogens is 2. The van der Waals surface area contributed by atoms with Gasteiger partial charge in [0.25, 0.3) is 5.91 Å². The number of nitrogen functional groups attached to an aromatic ring is 1. The monoisotopic (exact) mass is 265 g/mol. The fourth-order valence-corrected chi connectivity index (χ4v) is 1.57. The Morgan fingerprint density at radius 1 is 1.33 bits per heavy atom. The maximum absolute atomic E-state index is 12.6. The molecule has 1 aromatic heterocycles. The lowest BCUT2D eigenvalue weighted by molar-refractivity contribution is 0.102. The number of hydrogen-bond donors (Lipinski definition) is 2. The Hall–Kier alpha value is -2.14. The zero-order chi connectivity index (χ0) is 13.1. The van der Waals surface area contributed by atoms with Crippen molar-refractivity contribution in [2.24, 2.45) is 0 Å². The van der Waals surface area contributed by atoms with E-state index >= 15 is 0 Å². The Balaban J connectivity index is 2.19. The number of nitrogens with zero attached hydrogens (tertiary/aromatic N) is 1. The molecule has 0 bridgehead atoms. The van der Waals surface area contributed by atoms with Crippen molar-refractivity contribution >= 4 is 28.9 Å². The van der Waals surface area contributed by atoms with E-state index in [1.807, 2.05) is 0 Å². The van der Waals surface area contributed by atoms with Crippen LogP contribution in [0.5, 0.6) is 0 Å². The lowest BCUT2D eigenvalue weighted by Crippen LogP contribution is -2.14. The number of carbonyl (C=O) groups excluding carboxylic acids is 1. The highest BCUT2D eigenvalue weighted by Crippen LogP contribution is 2.19. The zero-order valence-electron chi connectivity index (χ0n) is 9.15. The van der Waals surface area contributed by atoms with E-state index in [-0.39, 0.29) is 5.69 Å². The molecule has 2 rings (SSSR count). The van der Waals surface area contributed by atoms with Gasteiger partial charge in [0, 0.05) is 10.7 Å². The van der Waals surface area contributed by atoms with Crippen LogP contribution in [0.2, 0.25) is 5.02 Å². The van der Waals surface area contributed by atoms with Gasteiger partial charge in [-0.2, -0.15) is 4.39 Å². The molecule has 1 amide bonds. The molecule has 0 atom stereocenters. The maximum Gasteiger partial charge on any atom is 0.257 e. The van der Waals surface area contributed by atoms with E-state index in [9.17, 15) is 9.18 Å². The standard InChI is InChI=1S/C12H9ClFN3O/c13-7-1-3-9(10(15)5-7)12(18)17-8-2-4-11(14)16-6-8/h1-6H,15H2,(H,17,18). The quantitative estimate of drug-likeness (QED) is 0.648. The Kier molecular flexibility index (Phi) is 3.43. The molecule has 18 heavy (non-hydrogen) atoms. The predicted octanol–water partition coefficient (Wildman–Crippen LogP) is 2.71. The highest BCUT2D eigenvalue weighted by molar-refractivity contribution is 6.31. The molecule has 0 spiro atoms. The Morgan fingerprint density at radius 3 is 2.72 bits per heavy atom. The third kappa shape index (κ3) is 2.75. The minimum Gasteiger partial charge on any atom is -0.398 e. The molecule has 0 aliphatic rings. The van der Waals surface area contributed by atoms with Crippen LogP contribution >= 0.6 is 11.6 Å². The summed E-state index contributed by atoms with van der Waals surface area (Å²) in [5.41, 5.74) is 6.63. The Labute approximate surface area is 108 Å². The second kappa shape index (κ2) is 5.01. The van der Waals surface area contributed by atoms with Crippen molar-refractivity contribution in [3.8, 4) is 0 Å². The summed E-state index contributed by atoms with van der Waals surface area (Å²) in [4.78, 5) is 15.3. The highest BCUT2D eigenvalue weighted by atomic mass is 35.5. The first-order valence-electron chi connectivity index (χ1n) is 5.04. The van der Waals surface area contributed by atoms with Crippen LogP contribution in [0, 0.1) is 5.95 Å². The summed E-state index contributed by atoms with van der Waals surface area (Å²) >= 11 is 5.74. The summed E-state index contributed by atoms with van der Waals surface area (Å²) in [6.45, 7) is 0. The molecular formula is C12H9ClFN3O. The first-order valence-corrected chi connectivity index (χ1v) is 5.42. The van der Waals surface area contributed by atoms with Crippen molar-refractivity contribution in [3.05, 3.63) is 53.1 Å². The number of aromatic nitrogens is 1. The molecule has 92 valence electrons. The Bertz CT molecular complexity index is 586. The van der Waals surface area contributed by atoms with Crippen LogP contribution < -0.4 is 11.1 Å². The summed E-state index contributed by atoms with van der Waals surface area (Å²) in [6, 6.07) is 7.13. The number of nitrogens with two attached hydrogens (primary N) is 1. The first-order chi connectivity index (χ1) is 8.56. The summed E-state index contributed by atoms with van der Waals surface area (Å²) in [5.74, 6) is -1.02. The van der Waals surface area contributed by atoms with Crippen molar-refractivity contribution in [2.75, 3.05) is 11.1 Å². The second-order valence-electron chi connectivity index (χ2n) is 3.56. The average Bonchev–Trinajstić information content (AvgIpc) is 2.32. The molecular weight excluding hydrogens is 257 g/mol. The van der Waals surface area contributed by atoms with Crippen molar-refractivity contribution in [2.45, 2.75) is 0 Å². The predicted molar refractivity (Wildman–Crippen MR) is 68.0 cm³/mol. The van der Waals surface area contributed by atoms with Crippen molar-refractivity contribution in [1.29, 1.82) is 0 Å². The van der Waals surface area contributed by atoms with E-state index in [1.165, 1.54) is 24.4 Å². The van der Waals surface area contributed by atoms with Gasteiger partial charge in [-0.15, -0.1) is 0 Å². The van der Waals surface area contributed by atoms with Crippen LogP contribution in [-0.4, -0.2) is 10.9 Å². The summed E-state index contributed by atoms with van der Waals surface area (Å²) in [6.07, 6.45) is 1.22. The Morgan fingerprint density at radius 2 is 2.11 bits per heavy atom. The van der Waals surface area contributed by atoms with Crippen molar-refractivity contribution < 1.29 is 9.18 Å². The van der Waals surface area contributed by atoms with Crippen molar-refractivity contribution in [1.82, 2.24) is 4.98 Å². The molecule has 0 unspecified atom stereocenters. The van der Waals surface area contributed by atoms with Gasteiger partial charge in [-0.25, -0.2) is 4.98 Å². The van der Waals surface area contributed by atoms with Gasteiger partial charge in [0.1, 0.15) is 0 Å². The summed E-state index contributed by atoms with van der Waals surface area (Å²) in [5, 5.41) is 3.01. The van der Waals surface area contributed by atoms with E-state index in [0.717, 1.165) is 6.07 Å². The molecule has 1 aromatic carbocycles. The van der Waals surface area contributed by atoms with Gasteiger partial charge in [-0.3, -0.25) is 4.79 Å². The smallest absolute Gasteiger partial charge is 0.257 e. The van der Waals surface area contributed by atoms with E-state index in [1.54, 1.807) is 6.07 Å². The van der Waals surface area contributed by atoms with Gasteiger partial charge in [-0.1, -0.05) is 11.6 Å². The number of amides is 1. The van der Waals surface area contributed by atoms with Crippen LogP contribution in [0.1, 0.15) is 10.4 Å². The SMILES string of the molecule is Nc1cc(Cl)ccc1C(=O)Nc1ccc(F)nc1. The van der Waals surface area contributed by atoms with E-state index in [2.05, 4.69) is 10.3 Å². The van der Waals surface area contributed by atoms with E-state index in [0.29, 0.717) is 16.3 Å². The molecule has 0 aliphatic carbocycles. The molecule has 6 heteroatoms. The normalized spacial score (nSPS) is 10.1. The maximum atomic E-state index is 12.6. The van der Waals surface area contributed by atoms with E-state index < -0.39 is 11.9 Å². The minimum atomic E-state index is -0.612. The topological polar surface area (TPSA) is 68.0 Å². The zero-order valence-corrected chi connectivity index (χ0v) is 9.91. The number of rotatable bonds is 2. The summed E-state index contributed by atoms with van der Waals surface area (Å²) < 4.78 is 12.6. The third-order valence-electron chi connectivity index (χ3n) is 2.24. The van der Waals surface area contributed by atoms with Crippen LogP contribution in [0.4, 0.5) is 15.8 Å². The van der Waals surface area contributed by atoms with Gasteiger partial charge in [0.05, 0.1) is 17.4 Å². The molecule has 0 saturated carbocycles. The number of pyridine rings is 1. The third-order valence-corrected chi connectivity index (χ3v) is 2.48.